The highest BCUT2D eigenvalue weighted by atomic mass is 16.3. The lowest BCUT2D eigenvalue weighted by Crippen LogP contribution is -2.22. The largest absolute Gasteiger partial charge is 0.391 e. The number of H-pyrrole nitrogens is 1. The molecule has 1 aliphatic heterocycles. The minimum atomic E-state index is -0.303. The summed E-state index contributed by atoms with van der Waals surface area (Å²) in [5.41, 5.74) is 3.94. The summed E-state index contributed by atoms with van der Waals surface area (Å²) in [6.07, 6.45) is 0.463. The van der Waals surface area contributed by atoms with E-state index in [2.05, 4.69) is 28.1 Å². The molecule has 0 amide bonds. The molecule has 2 aromatic carbocycles. The highest BCUT2D eigenvalue weighted by molar-refractivity contribution is 5.93. The van der Waals surface area contributed by atoms with E-state index in [1.54, 1.807) is 0 Å². The second-order valence-corrected chi connectivity index (χ2v) is 6.94. The number of hydrogen-bond donors (Lipinski definition) is 2. The molecule has 134 valence electrons. The summed E-state index contributed by atoms with van der Waals surface area (Å²) in [5, 5.41) is 11.0. The summed E-state index contributed by atoms with van der Waals surface area (Å²) in [6.45, 7) is 1.40. The first-order chi connectivity index (χ1) is 13.3. The number of aromatic nitrogens is 3. The van der Waals surface area contributed by atoms with Crippen LogP contribution in [0, 0.1) is 0 Å². The van der Waals surface area contributed by atoms with Gasteiger partial charge in [0.1, 0.15) is 11.5 Å². The number of aromatic amines is 1. The van der Waals surface area contributed by atoms with Crippen molar-refractivity contribution in [3.05, 3.63) is 66.7 Å². The molecule has 0 saturated carbocycles. The third kappa shape index (κ3) is 2.96. The fourth-order valence-electron chi connectivity index (χ4n) is 3.66. The number of nitrogens with zero attached hydrogens (tertiary/aromatic N) is 3. The van der Waals surface area contributed by atoms with Crippen molar-refractivity contribution in [1.82, 2.24) is 15.0 Å². The maximum atomic E-state index is 10.0. The van der Waals surface area contributed by atoms with Crippen LogP contribution < -0.4 is 4.90 Å². The average molecular weight is 356 g/mol. The van der Waals surface area contributed by atoms with Gasteiger partial charge in [0.2, 0.25) is 0 Å². The van der Waals surface area contributed by atoms with Crippen molar-refractivity contribution in [2.24, 2.45) is 0 Å². The Morgan fingerprint density at radius 3 is 2.30 bits per heavy atom. The SMILES string of the molecule is O[C@H]1CCN(c2nc(-c3ccccc3)nc3[nH]c(-c4ccccc4)cc23)C1. The topological polar surface area (TPSA) is 65.0 Å². The number of aliphatic hydroxyl groups excluding tert-OH is 1. The lowest BCUT2D eigenvalue weighted by Gasteiger charge is -2.18. The van der Waals surface area contributed by atoms with E-state index in [-0.39, 0.29) is 6.10 Å². The van der Waals surface area contributed by atoms with E-state index >= 15 is 0 Å². The van der Waals surface area contributed by atoms with Crippen LogP contribution in [-0.4, -0.2) is 39.3 Å². The van der Waals surface area contributed by atoms with Crippen molar-refractivity contribution < 1.29 is 5.11 Å². The Morgan fingerprint density at radius 1 is 0.926 bits per heavy atom. The number of aliphatic hydroxyl groups is 1. The maximum Gasteiger partial charge on any atom is 0.163 e. The Balaban J connectivity index is 1.70. The van der Waals surface area contributed by atoms with Gasteiger partial charge < -0.3 is 15.0 Å². The minimum Gasteiger partial charge on any atom is -0.391 e. The summed E-state index contributed by atoms with van der Waals surface area (Å²) >= 11 is 0. The Morgan fingerprint density at radius 2 is 1.63 bits per heavy atom. The Hall–Kier alpha value is -3.18. The number of anilines is 1. The number of rotatable bonds is 3. The molecule has 2 N–H and O–H groups in total. The molecule has 1 aliphatic rings. The quantitative estimate of drug-likeness (QED) is 0.585. The van der Waals surface area contributed by atoms with Crippen LogP contribution in [0.1, 0.15) is 6.42 Å². The smallest absolute Gasteiger partial charge is 0.163 e. The van der Waals surface area contributed by atoms with Crippen LogP contribution in [0.2, 0.25) is 0 Å². The molecule has 1 atom stereocenters. The van der Waals surface area contributed by atoms with E-state index in [0.29, 0.717) is 12.4 Å². The van der Waals surface area contributed by atoms with Crippen LogP contribution in [0.25, 0.3) is 33.7 Å². The summed E-state index contributed by atoms with van der Waals surface area (Å²) < 4.78 is 0. The zero-order valence-electron chi connectivity index (χ0n) is 14.8. The van der Waals surface area contributed by atoms with E-state index in [9.17, 15) is 5.11 Å². The van der Waals surface area contributed by atoms with Gasteiger partial charge in [0.25, 0.3) is 0 Å². The van der Waals surface area contributed by atoms with Gasteiger partial charge in [-0.15, -0.1) is 0 Å². The van der Waals surface area contributed by atoms with E-state index in [0.717, 1.165) is 46.6 Å². The van der Waals surface area contributed by atoms with Crippen molar-refractivity contribution in [2.45, 2.75) is 12.5 Å². The highest BCUT2D eigenvalue weighted by Gasteiger charge is 2.25. The fourth-order valence-corrected chi connectivity index (χ4v) is 3.66. The van der Waals surface area contributed by atoms with Gasteiger partial charge in [0, 0.05) is 24.3 Å². The van der Waals surface area contributed by atoms with Crippen LogP contribution in [0.5, 0.6) is 0 Å². The Labute approximate surface area is 157 Å². The second kappa shape index (κ2) is 6.52. The van der Waals surface area contributed by atoms with E-state index < -0.39 is 0 Å². The summed E-state index contributed by atoms with van der Waals surface area (Å²) in [7, 11) is 0. The van der Waals surface area contributed by atoms with E-state index in [1.807, 2.05) is 48.5 Å². The molecule has 1 saturated heterocycles. The molecule has 0 spiro atoms. The Bertz CT molecular complexity index is 1080. The van der Waals surface area contributed by atoms with Gasteiger partial charge in [-0.05, 0) is 18.1 Å². The lowest BCUT2D eigenvalue weighted by molar-refractivity contribution is 0.198. The third-order valence-corrected chi connectivity index (χ3v) is 5.05. The molecule has 27 heavy (non-hydrogen) atoms. The molecule has 0 aliphatic carbocycles. The van der Waals surface area contributed by atoms with Crippen LogP contribution >= 0.6 is 0 Å². The summed E-state index contributed by atoms with van der Waals surface area (Å²) in [5.74, 6) is 1.58. The van der Waals surface area contributed by atoms with Crippen molar-refractivity contribution in [3.8, 4) is 22.6 Å². The molecule has 5 rings (SSSR count). The van der Waals surface area contributed by atoms with Crippen molar-refractivity contribution in [2.75, 3.05) is 18.0 Å². The molecule has 1 fully saturated rings. The molecule has 2 aromatic heterocycles. The van der Waals surface area contributed by atoms with Crippen molar-refractivity contribution in [1.29, 1.82) is 0 Å². The van der Waals surface area contributed by atoms with Gasteiger partial charge in [-0.2, -0.15) is 0 Å². The highest BCUT2D eigenvalue weighted by Crippen LogP contribution is 2.32. The predicted octanol–water partition coefficient (Wildman–Crippen LogP) is 3.86. The molecule has 3 heterocycles. The zero-order valence-corrected chi connectivity index (χ0v) is 14.8. The molecule has 4 aromatic rings. The fraction of sp³-hybridized carbons (Fsp3) is 0.182. The van der Waals surface area contributed by atoms with E-state index in [1.165, 1.54) is 0 Å². The predicted molar refractivity (Wildman–Crippen MR) is 108 cm³/mol. The maximum absolute atomic E-state index is 10.0. The molecule has 5 nitrogen and oxygen atoms in total. The van der Waals surface area contributed by atoms with Gasteiger partial charge >= 0.3 is 0 Å². The minimum absolute atomic E-state index is 0.303. The number of hydrogen-bond acceptors (Lipinski definition) is 4. The molecule has 0 radical (unpaired) electrons. The lowest BCUT2D eigenvalue weighted by atomic mass is 10.1. The van der Waals surface area contributed by atoms with Gasteiger partial charge in [-0.1, -0.05) is 60.7 Å². The monoisotopic (exact) mass is 356 g/mol. The molecular formula is C22H20N4O. The Kier molecular flexibility index (Phi) is 3.87. The zero-order chi connectivity index (χ0) is 18.2. The second-order valence-electron chi connectivity index (χ2n) is 6.94. The van der Waals surface area contributed by atoms with Crippen LogP contribution in [0.3, 0.4) is 0 Å². The van der Waals surface area contributed by atoms with Crippen molar-refractivity contribution >= 4 is 16.9 Å². The molecule has 0 bridgehead atoms. The number of fused-ring (bicyclic) bond motifs is 1. The van der Waals surface area contributed by atoms with Crippen molar-refractivity contribution in [3.63, 3.8) is 0 Å². The van der Waals surface area contributed by atoms with Gasteiger partial charge in [0.15, 0.2) is 5.82 Å². The summed E-state index contributed by atoms with van der Waals surface area (Å²) in [6, 6.07) is 22.3. The van der Waals surface area contributed by atoms with E-state index in [4.69, 9.17) is 9.97 Å². The first-order valence-corrected chi connectivity index (χ1v) is 9.22. The number of β-amino-alcohol motifs (C(OH)–C–C–N with tert-alkyl or cyclic N) is 1. The standard InChI is InChI=1S/C22H20N4O/c27-17-11-12-26(14-17)22-18-13-19(15-7-3-1-4-8-15)23-21(18)24-20(25-22)16-9-5-2-6-10-16/h1-10,13,17,27H,11-12,14H2,(H,23,24,25)/t17-/m0/s1. The molecule has 5 heteroatoms. The first-order valence-electron chi connectivity index (χ1n) is 9.22. The number of benzene rings is 2. The average Bonchev–Trinajstić information content (AvgIpc) is 3.35. The third-order valence-electron chi connectivity index (χ3n) is 5.05. The van der Waals surface area contributed by atoms with Crippen LogP contribution in [0.15, 0.2) is 66.7 Å². The van der Waals surface area contributed by atoms with Gasteiger partial charge in [-0.3, -0.25) is 0 Å². The first kappa shape index (κ1) is 16.0. The van der Waals surface area contributed by atoms with Crippen LogP contribution in [-0.2, 0) is 0 Å². The van der Waals surface area contributed by atoms with Crippen LogP contribution in [0.4, 0.5) is 5.82 Å². The number of nitrogens with one attached hydrogen (secondary N) is 1. The van der Waals surface area contributed by atoms with Gasteiger partial charge in [-0.25, -0.2) is 9.97 Å². The normalized spacial score (nSPS) is 16.9. The summed E-state index contributed by atoms with van der Waals surface area (Å²) in [4.78, 5) is 15.3. The molecule has 0 unspecified atom stereocenters. The molecular weight excluding hydrogens is 336 g/mol. The van der Waals surface area contributed by atoms with Gasteiger partial charge in [0.05, 0.1) is 11.5 Å².